The fourth-order valence-corrected chi connectivity index (χ4v) is 6.24. The number of ether oxygens (including phenoxy) is 2. The van der Waals surface area contributed by atoms with E-state index in [4.69, 9.17) is 9.47 Å². The molecule has 0 aromatic rings. The van der Waals surface area contributed by atoms with E-state index in [1.165, 1.54) is 32.1 Å². The van der Waals surface area contributed by atoms with Crippen molar-refractivity contribution in [3.63, 3.8) is 0 Å². The summed E-state index contributed by atoms with van der Waals surface area (Å²) in [6.45, 7) is 1.61. The quantitative estimate of drug-likeness (QED) is 0.728. The van der Waals surface area contributed by atoms with E-state index in [-0.39, 0.29) is 31.2 Å². The maximum atomic E-state index is 12.2. The lowest BCUT2D eigenvalue weighted by molar-refractivity contribution is -0.171. The minimum absolute atomic E-state index is 0.125. The smallest absolute Gasteiger partial charge is 0.409 e. The Morgan fingerprint density at radius 1 is 0.958 bits per heavy atom. The molecule has 1 amide bonds. The first-order chi connectivity index (χ1) is 11.7. The number of rotatable bonds is 4. The van der Waals surface area contributed by atoms with Crippen molar-refractivity contribution in [1.82, 2.24) is 4.90 Å². The molecule has 4 bridgehead atoms. The van der Waals surface area contributed by atoms with E-state index in [1.54, 1.807) is 4.90 Å². The van der Waals surface area contributed by atoms with E-state index in [9.17, 15) is 9.59 Å². The van der Waals surface area contributed by atoms with Gasteiger partial charge in [-0.05, 0) is 55.8 Å². The van der Waals surface area contributed by atoms with Crippen molar-refractivity contribution >= 4 is 23.8 Å². The Morgan fingerprint density at radius 2 is 1.58 bits per heavy atom. The molecule has 0 spiro atoms. The number of carbonyl (C=O) groups excluding carboxylic acids is 2. The van der Waals surface area contributed by atoms with Crippen LogP contribution < -0.4 is 0 Å². The van der Waals surface area contributed by atoms with Gasteiger partial charge in [-0.1, -0.05) is 0 Å². The minimum Gasteiger partial charge on any atom is -0.462 e. The molecule has 5 rings (SSSR count). The molecule has 0 unspecified atom stereocenters. The van der Waals surface area contributed by atoms with Crippen LogP contribution in [0, 0.1) is 23.7 Å². The van der Waals surface area contributed by atoms with E-state index in [2.05, 4.69) is 0 Å². The van der Waals surface area contributed by atoms with E-state index in [1.807, 2.05) is 11.8 Å². The topological polar surface area (TPSA) is 55.8 Å². The molecule has 5 aliphatic rings. The molecule has 1 heterocycles. The molecular weight excluding hydrogens is 326 g/mol. The molecule has 0 N–H and O–H groups in total. The van der Waals surface area contributed by atoms with Gasteiger partial charge in [0.25, 0.3) is 0 Å². The molecule has 4 aliphatic carbocycles. The molecule has 24 heavy (non-hydrogen) atoms. The van der Waals surface area contributed by atoms with Gasteiger partial charge in [0.05, 0.1) is 6.42 Å². The molecule has 0 radical (unpaired) electrons. The van der Waals surface area contributed by atoms with E-state index >= 15 is 0 Å². The average Bonchev–Trinajstić information content (AvgIpc) is 2.58. The Balaban J connectivity index is 1.19. The molecule has 6 heteroatoms. The number of hydrogen-bond acceptors (Lipinski definition) is 5. The summed E-state index contributed by atoms with van der Waals surface area (Å²) >= 11 is 1.85. The Kier molecular flexibility index (Phi) is 4.93. The molecule has 0 aromatic carbocycles. The van der Waals surface area contributed by atoms with Crippen molar-refractivity contribution in [2.75, 3.05) is 31.2 Å². The van der Waals surface area contributed by atoms with Gasteiger partial charge in [-0.15, -0.1) is 0 Å². The van der Waals surface area contributed by atoms with Gasteiger partial charge in [0.2, 0.25) is 0 Å². The standard InChI is InChI=1S/C18H27NO4S/c20-16(1-4-22-18(21)19-2-5-24-6-3-19)23-17-14-8-12-7-13(10-14)11-15(17)9-12/h12-15,17H,1-11H2. The van der Waals surface area contributed by atoms with Crippen LogP contribution in [0.15, 0.2) is 0 Å². The summed E-state index contributed by atoms with van der Waals surface area (Å²) in [6.07, 6.45) is 6.38. The molecule has 5 nitrogen and oxygen atoms in total. The molecule has 0 atom stereocenters. The Labute approximate surface area is 147 Å². The lowest BCUT2D eigenvalue weighted by atomic mass is 9.55. The van der Waals surface area contributed by atoms with Crippen molar-refractivity contribution in [2.45, 2.75) is 44.6 Å². The highest BCUT2D eigenvalue weighted by Crippen LogP contribution is 2.54. The number of amides is 1. The molecule has 5 fully saturated rings. The summed E-state index contributed by atoms with van der Waals surface area (Å²) in [5, 5.41) is 0. The summed E-state index contributed by atoms with van der Waals surface area (Å²) in [7, 11) is 0. The van der Waals surface area contributed by atoms with Crippen molar-refractivity contribution in [1.29, 1.82) is 0 Å². The van der Waals surface area contributed by atoms with Gasteiger partial charge in [-0.2, -0.15) is 11.8 Å². The molecule has 134 valence electrons. The Bertz CT molecular complexity index is 463. The van der Waals surface area contributed by atoms with Gasteiger partial charge in [-0.3, -0.25) is 4.79 Å². The fourth-order valence-electron chi connectivity index (χ4n) is 5.34. The molecular formula is C18H27NO4S. The molecule has 4 saturated carbocycles. The van der Waals surface area contributed by atoms with Crippen LogP contribution in [0.2, 0.25) is 0 Å². The normalized spacial score (nSPS) is 37.3. The zero-order chi connectivity index (χ0) is 16.5. The summed E-state index contributed by atoms with van der Waals surface area (Å²) in [4.78, 5) is 25.8. The van der Waals surface area contributed by atoms with Gasteiger partial charge in [0.15, 0.2) is 0 Å². The fraction of sp³-hybridized carbons (Fsp3) is 0.889. The maximum Gasteiger partial charge on any atom is 0.409 e. The zero-order valence-corrected chi connectivity index (χ0v) is 15.0. The van der Waals surface area contributed by atoms with Crippen molar-refractivity contribution in [2.24, 2.45) is 23.7 Å². The van der Waals surface area contributed by atoms with Crippen LogP contribution in [0.1, 0.15) is 38.5 Å². The van der Waals surface area contributed by atoms with Crippen LogP contribution in [0.5, 0.6) is 0 Å². The van der Waals surface area contributed by atoms with Crippen LogP contribution in [0.25, 0.3) is 0 Å². The third kappa shape index (κ3) is 3.53. The van der Waals surface area contributed by atoms with Gasteiger partial charge in [-0.25, -0.2) is 4.79 Å². The Morgan fingerprint density at radius 3 is 2.21 bits per heavy atom. The maximum absolute atomic E-state index is 12.2. The minimum atomic E-state index is -0.294. The van der Waals surface area contributed by atoms with Gasteiger partial charge >= 0.3 is 12.1 Å². The largest absolute Gasteiger partial charge is 0.462 e. The Hall–Kier alpha value is -0.910. The van der Waals surface area contributed by atoms with Crippen LogP contribution >= 0.6 is 11.8 Å². The summed E-state index contributed by atoms with van der Waals surface area (Å²) in [5.74, 6) is 4.65. The van der Waals surface area contributed by atoms with Crippen LogP contribution in [0.3, 0.4) is 0 Å². The summed E-state index contributed by atoms with van der Waals surface area (Å²) in [6, 6.07) is 0. The third-order valence-corrected chi connectivity index (χ3v) is 7.15. The van der Waals surface area contributed by atoms with Crippen molar-refractivity contribution < 1.29 is 19.1 Å². The summed E-state index contributed by atoms with van der Waals surface area (Å²) < 4.78 is 11.0. The van der Waals surface area contributed by atoms with Crippen LogP contribution in [-0.4, -0.2) is 54.3 Å². The number of thioether (sulfide) groups is 1. The highest BCUT2D eigenvalue weighted by atomic mass is 32.2. The predicted octanol–water partition coefficient (Wildman–Crippen LogP) is 2.93. The van der Waals surface area contributed by atoms with Crippen LogP contribution in [-0.2, 0) is 14.3 Å². The van der Waals surface area contributed by atoms with Gasteiger partial charge in [0, 0.05) is 24.6 Å². The monoisotopic (exact) mass is 353 g/mol. The van der Waals surface area contributed by atoms with Gasteiger partial charge in [0.1, 0.15) is 12.7 Å². The average molecular weight is 353 g/mol. The number of nitrogens with zero attached hydrogens (tertiary/aromatic N) is 1. The second-order valence-corrected chi connectivity index (χ2v) is 9.07. The highest BCUT2D eigenvalue weighted by Gasteiger charge is 2.49. The van der Waals surface area contributed by atoms with Crippen molar-refractivity contribution in [3.8, 4) is 0 Å². The van der Waals surface area contributed by atoms with E-state index in [0.717, 1.165) is 36.4 Å². The first-order valence-corrected chi connectivity index (χ1v) is 10.5. The second kappa shape index (κ2) is 7.14. The summed E-state index contributed by atoms with van der Waals surface area (Å²) in [5.41, 5.74) is 0. The first-order valence-electron chi connectivity index (χ1n) is 9.38. The number of carbonyl (C=O) groups is 2. The first kappa shape index (κ1) is 16.6. The number of hydrogen-bond donors (Lipinski definition) is 0. The lowest BCUT2D eigenvalue weighted by Crippen LogP contribution is -2.50. The van der Waals surface area contributed by atoms with E-state index < -0.39 is 0 Å². The lowest BCUT2D eigenvalue weighted by Gasteiger charge is -2.53. The third-order valence-electron chi connectivity index (χ3n) is 6.21. The van der Waals surface area contributed by atoms with Crippen LogP contribution in [0.4, 0.5) is 4.79 Å². The molecule has 1 saturated heterocycles. The second-order valence-electron chi connectivity index (χ2n) is 7.85. The zero-order valence-electron chi connectivity index (χ0n) is 14.2. The van der Waals surface area contributed by atoms with Crippen molar-refractivity contribution in [3.05, 3.63) is 0 Å². The van der Waals surface area contributed by atoms with Gasteiger partial charge < -0.3 is 14.4 Å². The SMILES string of the molecule is O=C(CCOC(=O)N1CCSCC1)OC1C2CC3CC(C2)CC1C3. The molecule has 1 aliphatic heterocycles. The predicted molar refractivity (Wildman–Crippen MR) is 91.8 cm³/mol. The van der Waals surface area contributed by atoms with E-state index in [0.29, 0.717) is 11.8 Å². The number of esters is 1. The highest BCUT2D eigenvalue weighted by molar-refractivity contribution is 7.99. The molecule has 0 aromatic heterocycles.